The largest absolute Gasteiger partial charge is 0.313 e. The molecule has 1 aliphatic rings. The summed E-state index contributed by atoms with van der Waals surface area (Å²) < 4.78 is 0. The van der Waals surface area contributed by atoms with E-state index in [2.05, 4.69) is 31.4 Å². The summed E-state index contributed by atoms with van der Waals surface area (Å²) in [5.74, 6) is 0. The van der Waals surface area contributed by atoms with Crippen LogP contribution in [0.1, 0.15) is 27.2 Å². The fourth-order valence-electron chi connectivity index (χ4n) is 1.22. The SMILES string of the molecule is CC1CNC(C)(C)CCN1. The van der Waals surface area contributed by atoms with Crippen molar-refractivity contribution in [2.75, 3.05) is 13.1 Å². The third kappa shape index (κ3) is 2.27. The quantitative estimate of drug-likeness (QED) is 0.521. The molecule has 1 aliphatic heterocycles. The van der Waals surface area contributed by atoms with Crippen LogP contribution in [0.2, 0.25) is 0 Å². The van der Waals surface area contributed by atoms with Crippen LogP contribution in [-0.4, -0.2) is 24.7 Å². The Morgan fingerprint density at radius 2 is 2.10 bits per heavy atom. The minimum Gasteiger partial charge on any atom is -0.313 e. The molecule has 0 saturated carbocycles. The van der Waals surface area contributed by atoms with Crippen molar-refractivity contribution in [2.24, 2.45) is 0 Å². The van der Waals surface area contributed by atoms with Crippen molar-refractivity contribution in [1.29, 1.82) is 0 Å². The van der Waals surface area contributed by atoms with Crippen molar-refractivity contribution >= 4 is 0 Å². The van der Waals surface area contributed by atoms with E-state index in [1.54, 1.807) is 0 Å². The van der Waals surface area contributed by atoms with Gasteiger partial charge in [-0.05, 0) is 33.7 Å². The summed E-state index contributed by atoms with van der Waals surface area (Å²) in [5, 5.41) is 6.95. The average Bonchev–Trinajstić information content (AvgIpc) is 1.94. The minimum atomic E-state index is 0.331. The normalized spacial score (nSPS) is 33.3. The lowest BCUT2D eigenvalue weighted by atomic mass is 10.0. The van der Waals surface area contributed by atoms with Gasteiger partial charge in [-0.15, -0.1) is 0 Å². The summed E-state index contributed by atoms with van der Waals surface area (Å²) in [6, 6.07) is 0.627. The van der Waals surface area contributed by atoms with Gasteiger partial charge in [-0.3, -0.25) is 0 Å². The molecule has 1 saturated heterocycles. The average molecular weight is 142 g/mol. The van der Waals surface area contributed by atoms with Gasteiger partial charge in [0.05, 0.1) is 0 Å². The molecule has 1 rings (SSSR count). The standard InChI is InChI=1S/C8H18N2/c1-7-6-10-8(2,3)4-5-9-7/h7,9-10H,4-6H2,1-3H3. The molecule has 0 spiro atoms. The summed E-state index contributed by atoms with van der Waals surface area (Å²) in [7, 11) is 0. The maximum atomic E-state index is 3.51. The summed E-state index contributed by atoms with van der Waals surface area (Å²) in [6.45, 7) is 8.96. The van der Waals surface area contributed by atoms with Crippen LogP contribution in [0.5, 0.6) is 0 Å². The van der Waals surface area contributed by atoms with Gasteiger partial charge < -0.3 is 10.6 Å². The molecule has 0 aromatic carbocycles. The second-order valence-corrected chi connectivity index (χ2v) is 3.87. The van der Waals surface area contributed by atoms with E-state index in [0.717, 1.165) is 13.1 Å². The first-order valence-electron chi connectivity index (χ1n) is 4.08. The van der Waals surface area contributed by atoms with Crippen LogP contribution >= 0.6 is 0 Å². The zero-order chi connectivity index (χ0) is 7.61. The molecule has 60 valence electrons. The molecule has 2 N–H and O–H groups in total. The lowest BCUT2D eigenvalue weighted by Gasteiger charge is -2.23. The van der Waals surface area contributed by atoms with E-state index in [1.807, 2.05) is 0 Å². The zero-order valence-electron chi connectivity index (χ0n) is 7.20. The van der Waals surface area contributed by atoms with Crippen LogP contribution in [-0.2, 0) is 0 Å². The Balaban J connectivity index is 2.41. The third-order valence-electron chi connectivity index (χ3n) is 2.13. The van der Waals surface area contributed by atoms with Crippen molar-refractivity contribution in [3.8, 4) is 0 Å². The molecular formula is C8H18N2. The lowest BCUT2D eigenvalue weighted by molar-refractivity contribution is 0.389. The van der Waals surface area contributed by atoms with Gasteiger partial charge in [0, 0.05) is 18.1 Å². The molecule has 1 atom stereocenters. The molecule has 10 heavy (non-hydrogen) atoms. The second kappa shape index (κ2) is 2.89. The first-order chi connectivity index (χ1) is 4.60. The molecule has 0 amide bonds. The molecule has 0 aromatic heterocycles. The molecule has 0 aromatic rings. The van der Waals surface area contributed by atoms with Crippen LogP contribution in [0.3, 0.4) is 0 Å². The Morgan fingerprint density at radius 1 is 1.40 bits per heavy atom. The van der Waals surface area contributed by atoms with Gasteiger partial charge >= 0.3 is 0 Å². The van der Waals surface area contributed by atoms with Gasteiger partial charge in [0.1, 0.15) is 0 Å². The first-order valence-corrected chi connectivity index (χ1v) is 4.08. The predicted octanol–water partition coefficient (Wildman–Crippen LogP) is 0.736. The van der Waals surface area contributed by atoms with Crippen molar-refractivity contribution in [3.63, 3.8) is 0 Å². The number of hydrogen-bond donors (Lipinski definition) is 2. The van der Waals surface area contributed by atoms with Gasteiger partial charge in [0.25, 0.3) is 0 Å². The van der Waals surface area contributed by atoms with Crippen molar-refractivity contribution in [2.45, 2.75) is 38.8 Å². The Labute approximate surface area is 63.4 Å². The Kier molecular flexibility index (Phi) is 2.32. The van der Waals surface area contributed by atoms with Crippen molar-refractivity contribution < 1.29 is 0 Å². The number of rotatable bonds is 0. The minimum absolute atomic E-state index is 0.331. The molecule has 1 fully saturated rings. The van der Waals surface area contributed by atoms with E-state index in [4.69, 9.17) is 0 Å². The molecule has 1 heterocycles. The predicted molar refractivity (Wildman–Crippen MR) is 44.2 cm³/mol. The van der Waals surface area contributed by atoms with Gasteiger partial charge in [-0.1, -0.05) is 0 Å². The number of hydrogen-bond acceptors (Lipinski definition) is 2. The van der Waals surface area contributed by atoms with E-state index in [0.29, 0.717) is 11.6 Å². The van der Waals surface area contributed by atoms with E-state index in [1.165, 1.54) is 6.42 Å². The van der Waals surface area contributed by atoms with Crippen LogP contribution in [0.25, 0.3) is 0 Å². The molecular weight excluding hydrogens is 124 g/mol. The van der Waals surface area contributed by atoms with Gasteiger partial charge in [0.15, 0.2) is 0 Å². The first kappa shape index (κ1) is 8.02. The fraction of sp³-hybridized carbons (Fsp3) is 1.00. The van der Waals surface area contributed by atoms with Crippen LogP contribution < -0.4 is 10.6 Å². The number of nitrogens with one attached hydrogen (secondary N) is 2. The molecule has 0 aliphatic carbocycles. The highest BCUT2D eigenvalue weighted by Gasteiger charge is 2.20. The van der Waals surface area contributed by atoms with E-state index < -0.39 is 0 Å². The molecule has 1 unspecified atom stereocenters. The highest BCUT2D eigenvalue weighted by atomic mass is 15.1. The van der Waals surface area contributed by atoms with Crippen LogP contribution in [0.15, 0.2) is 0 Å². The molecule has 2 heteroatoms. The smallest absolute Gasteiger partial charge is 0.0164 e. The summed E-state index contributed by atoms with van der Waals surface area (Å²) in [4.78, 5) is 0. The fourth-order valence-corrected chi connectivity index (χ4v) is 1.22. The van der Waals surface area contributed by atoms with Crippen LogP contribution in [0.4, 0.5) is 0 Å². The summed E-state index contributed by atoms with van der Waals surface area (Å²) in [5.41, 5.74) is 0.331. The van der Waals surface area contributed by atoms with Crippen molar-refractivity contribution in [1.82, 2.24) is 10.6 Å². The Bertz CT molecular complexity index is 110. The monoisotopic (exact) mass is 142 g/mol. The van der Waals surface area contributed by atoms with Crippen LogP contribution in [0, 0.1) is 0 Å². The second-order valence-electron chi connectivity index (χ2n) is 3.87. The Morgan fingerprint density at radius 3 is 2.80 bits per heavy atom. The van der Waals surface area contributed by atoms with Crippen molar-refractivity contribution in [3.05, 3.63) is 0 Å². The Hall–Kier alpha value is -0.0800. The molecule has 2 nitrogen and oxygen atoms in total. The maximum Gasteiger partial charge on any atom is 0.0164 e. The lowest BCUT2D eigenvalue weighted by Crippen LogP contribution is -2.41. The highest BCUT2D eigenvalue weighted by molar-refractivity contribution is 4.84. The third-order valence-corrected chi connectivity index (χ3v) is 2.13. The van der Waals surface area contributed by atoms with E-state index >= 15 is 0 Å². The van der Waals surface area contributed by atoms with E-state index in [9.17, 15) is 0 Å². The topological polar surface area (TPSA) is 24.1 Å². The molecule has 0 radical (unpaired) electrons. The highest BCUT2D eigenvalue weighted by Crippen LogP contribution is 2.09. The summed E-state index contributed by atoms with van der Waals surface area (Å²) >= 11 is 0. The van der Waals surface area contributed by atoms with Gasteiger partial charge in [0.2, 0.25) is 0 Å². The van der Waals surface area contributed by atoms with Gasteiger partial charge in [-0.2, -0.15) is 0 Å². The van der Waals surface area contributed by atoms with Gasteiger partial charge in [-0.25, -0.2) is 0 Å². The summed E-state index contributed by atoms with van der Waals surface area (Å²) in [6.07, 6.45) is 1.22. The van der Waals surface area contributed by atoms with E-state index in [-0.39, 0.29) is 0 Å². The maximum absolute atomic E-state index is 3.51. The zero-order valence-corrected chi connectivity index (χ0v) is 7.20. The molecule has 0 bridgehead atoms.